The van der Waals surface area contributed by atoms with Crippen LogP contribution in [0.25, 0.3) is 22.6 Å². The van der Waals surface area contributed by atoms with Crippen LogP contribution in [0.2, 0.25) is 0 Å². The van der Waals surface area contributed by atoms with Crippen molar-refractivity contribution in [3.05, 3.63) is 82.5 Å². The van der Waals surface area contributed by atoms with Gasteiger partial charge in [0.1, 0.15) is 12.3 Å². The molecule has 0 aliphatic rings. The molecule has 28 heavy (non-hydrogen) atoms. The van der Waals surface area contributed by atoms with E-state index in [-0.39, 0.29) is 12.1 Å². The maximum Gasteiger partial charge on any atom is 0.267 e. The van der Waals surface area contributed by atoms with Crippen molar-refractivity contribution in [2.75, 3.05) is 7.11 Å². The Morgan fingerprint density at radius 1 is 1.04 bits per heavy atom. The second kappa shape index (κ2) is 7.48. The smallest absolute Gasteiger partial charge is 0.267 e. The molecule has 0 amide bonds. The molecule has 7 heteroatoms. The van der Waals surface area contributed by atoms with Gasteiger partial charge in [-0.05, 0) is 25.1 Å². The first-order valence-electron chi connectivity index (χ1n) is 8.75. The van der Waals surface area contributed by atoms with Gasteiger partial charge in [0.15, 0.2) is 0 Å². The molecule has 4 rings (SSSR count). The van der Waals surface area contributed by atoms with Crippen molar-refractivity contribution in [1.82, 2.24) is 19.9 Å². The first-order valence-corrected chi connectivity index (χ1v) is 8.75. The van der Waals surface area contributed by atoms with Gasteiger partial charge in [0.25, 0.3) is 5.56 Å². The Labute approximate surface area is 161 Å². The molecule has 2 aromatic heterocycles. The van der Waals surface area contributed by atoms with E-state index in [0.29, 0.717) is 23.2 Å². The van der Waals surface area contributed by atoms with E-state index in [2.05, 4.69) is 15.2 Å². The highest BCUT2D eigenvalue weighted by Gasteiger charge is 2.13. The van der Waals surface area contributed by atoms with E-state index in [1.807, 2.05) is 55.5 Å². The number of nitrogens with zero attached hydrogens (tertiary/aromatic N) is 4. The maximum absolute atomic E-state index is 12.3. The number of methoxy groups -OCH3 is 1. The summed E-state index contributed by atoms with van der Waals surface area (Å²) in [5, 5.41) is 8.44. The molecule has 0 aliphatic carbocycles. The molecular weight excluding hydrogens is 356 g/mol. The first-order chi connectivity index (χ1) is 13.6. The van der Waals surface area contributed by atoms with Crippen LogP contribution in [-0.2, 0) is 6.54 Å². The van der Waals surface area contributed by atoms with Crippen molar-refractivity contribution in [1.29, 1.82) is 0 Å². The highest BCUT2D eigenvalue weighted by Crippen LogP contribution is 2.27. The summed E-state index contributed by atoms with van der Waals surface area (Å²) in [4.78, 5) is 16.6. The van der Waals surface area contributed by atoms with Gasteiger partial charge in [-0.3, -0.25) is 4.79 Å². The molecule has 0 aliphatic heterocycles. The van der Waals surface area contributed by atoms with Crippen molar-refractivity contribution >= 4 is 0 Å². The fourth-order valence-corrected chi connectivity index (χ4v) is 2.83. The Balaban J connectivity index is 1.64. The molecule has 7 nitrogen and oxygen atoms in total. The van der Waals surface area contributed by atoms with Crippen molar-refractivity contribution in [2.45, 2.75) is 13.5 Å². The standard InChI is InChI=1S/C21H18N4O3/c1-14-7-9-15(10-8-14)21-22-19(28-24-21)13-25-20(26)12-11-17(23-25)16-5-3-4-6-18(16)27-2/h3-12H,13H2,1-2H3. The number of para-hydroxylation sites is 1. The Morgan fingerprint density at radius 2 is 1.82 bits per heavy atom. The third-order valence-corrected chi connectivity index (χ3v) is 4.31. The van der Waals surface area contributed by atoms with Gasteiger partial charge in [0, 0.05) is 17.2 Å². The molecule has 0 N–H and O–H groups in total. The predicted molar refractivity (Wildman–Crippen MR) is 104 cm³/mol. The number of rotatable bonds is 5. The van der Waals surface area contributed by atoms with E-state index in [1.165, 1.54) is 10.7 Å². The summed E-state index contributed by atoms with van der Waals surface area (Å²) in [6.45, 7) is 2.10. The molecular formula is C21H18N4O3. The van der Waals surface area contributed by atoms with Crippen LogP contribution in [0.3, 0.4) is 0 Å². The number of aromatic nitrogens is 4. The average molecular weight is 374 g/mol. The van der Waals surface area contributed by atoms with Crippen LogP contribution in [0, 0.1) is 6.92 Å². The Bertz CT molecular complexity index is 1160. The molecule has 140 valence electrons. The fourth-order valence-electron chi connectivity index (χ4n) is 2.83. The second-order valence-corrected chi connectivity index (χ2v) is 6.29. The van der Waals surface area contributed by atoms with Crippen molar-refractivity contribution in [3.8, 4) is 28.4 Å². The molecule has 0 saturated carbocycles. The summed E-state index contributed by atoms with van der Waals surface area (Å²) in [5.41, 5.74) is 3.16. The molecule has 2 aromatic carbocycles. The van der Waals surface area contributed by atoms with Crippen LogP contribution in [0.5, 0.6) is 5.75 Å². The molecule has 0 fully saturated rings. The van der Waals surface area contributed by atoms with Gasteiger partial charge in [-0.15, -0.1) is 0 Å². The van der Waals surface area contributed by atoms with Crippen LogP contribution in [0.1, 0.15) is 11.5 Å². The molecule has 0 atom stereocenters. The van der Waals surface area contributed by atoms with Crippen molar-refractivity contribution in [2.24, 2.45) is 0 Å². The monoisotopic (exact) mass is 374 g/mol. The maximum atomic E-state index is 12.3. The minimum absolute atomic E-state index is 0.0840. The topological polar surface area (TPSA) is 83.0 Å². The summed E-state index contributed by atoms with van der Waals surface area (Å²) in [5.74, 6) is 1.46. The lowest BCUT2D eigenvalue weighted by atomic mass is 10.1. The molecule has 0 bridgehead atoms. The molecule has 0 spiro atoms. The van der Waals surface area contributed by atoms with Gasteiger partial charge in [-0.2, -0.15) is 10.1 Å². The summed E-state index contributed by atoms with van der Waals surface area (Å²) < 4.78 is 12.0. The van der Waals surface area contributed by atoms with Gasteiger partial charge in [0.05, 0.1) is 12.8 Å². The number of hydrogen-bond acceptors (Lipinski definition) is 6. The largest absolute Gasteiger partial charge is 0.496 e. The SMILES string of the molecule is COc1ccccc1-c1ccc(=O)n(Cc2nc(-c3ccc(C)cc3)no2)n1. The van der Waals surface area contributed by atoms with E-state index in [1.54, 1.807) is 13.2 Å². The van der Waals surface area contributed by atoms with Crippen LogP contribution >= 0.6 is 0 Å². The average Bonchev–Trinajstić information content (AvgIpc) is 3.19. The highest BCUT2D eigenvalue weighted by atomic mass is 16.5. The van der Waals surface area contributed by atoms with Crippen LogP contribution in [0.15, 0.2) is 70.0 Å². The Hall–Kier alpha value is -3.74. The summed E-state index contributed by atoms with van der Waals surface area (Å²) in [6, 6.07) is 18.4. The van der Waals surface area contributed by atoms with Gasteiger partial charge in [0.2, 0.25) is 11.7 Å². The lowest BCUT2D eigenvalue weighted by Crippen LogP contribution is -2.23. The molecule has 0 radical (unpaired) electrons. The molecule has 0 saturated heterocycles. The number of benzene rings is 2. The number of hydrogen-bond donors (Lipinski definition) is 0. The summed E-state index contributed by atoms with van der Waals surface area (Å²) in [6.07, 6.45) is 0. The van der Waals surface area contributed by atoms with Crippen molar-refractivity contribution < 1.29 is 9.26 Å². The molecule has 4 aromatic rings. The third-order valence-electron chi connectivity index (χ3n) is 4.31. The van der Waals surface area contributed by atoms with E-state index in [4.69, 9.17) is 9.26 Å². The lowest BCUT2D eigenvalue weighted by molar-refractivity contribution is 0.363. The summed E-state index contributed by atoms with van der Waals surface area (Å²) >= 11 is 0. The predicted octanol–water partition coefficient (Wildman–Crippen LogP) is 3.33. The lowest BCUT2D eigenvalue weighted by Gasteiger charge is -2.09. The second-order valence-electron chi connectivity index (χ2n) is 6.29. The molecule has 2 heterocycles. The van der Waals surface area contributed by atoms with Gasteiger partial charge >= 0.3 is 0 Å². The third kappa shape index (κ3) is 3.55. The minimum Gasteiger partial charge on any atom is -0.496 e. The van der Waals surface area contributed by atoms with E-state index in [0.717, 1.165) is 16.7 Å². The van der Waals surface area contributed by atoms with Crippen LogP contribution in [0.4, 0.5) is 0 Å². The number of ether oxygens (including phenoxy) is 1. The fraction of sp³-hybridized carbons (Fsp3) is 0.143. The zero-order valence-electron chi connectivity index (χ0n) is 15.5. The quantitative estimate of drug-likeness (QED) is 0.533. The van der Waals surface area contributed by atoms with E-state index < -0.39 is 0 Å². The minimum atomic E-state index is -0.256. The zero-order valence-corrected chi connectivity index (χ0v) is 15.5. The number of aryl methyl sites for hydroxylation is 1. The van der Waals surface area contributed by atoms with Crippen LogP contribution in [-0.4, -0.2) is 27.0 Å². The highest BCUT2D eigenvalue weighted by molar-refractivity contribution is 5.66. The van der Waals surface area contributed by atoms with Crippen LogP contribution < -0.4 is 10.3 Å². The van der Waals surface area contributed by atoms with E-state index in [9.17, 15) is 4.79 Å². The summed E-state index contributed by atoms with van der Waals surface area (Å²) in [7, 11) is 1.60. The zero-order chi connectivity index (χ0) is 19.5. The first kappa shape index (κ1) is 17.7. The van der Waals surface area contributed by atoms with Gasteiger partial charge in [-0.25, -0.2) is 4.68 Å². The Morgan fingerprint density at radius 3 is 2.61 bits per heavy atom. The molecule has 0 unspecified atom stereocenters. The van der Waals surface area contributed by atoms with Gasteiger partial charge < -0.3 is 9.26 Å². The van der Waals surface area contributed by atoms with Crippen molar-refractivity contribution in [3.63, 3.8) is 0 Å². The van der Waals surface area contributed by atoms with Gasteiger partial charge in [-0.1, -0.05) is 47.1 Å². The Kier molecular flexibility index (Phi) is 4.72. The van der Waals surface area contributed by atoms with E-state index >= 15 is 0 Å². The normalized spacial score (nSPS) is 10.8.